The number of nitrogen functional groups attached to an aromatic ring is 1. The number of hydrogen-bond donors (Lipinski definition) is 2. The molecule has 2 aromatic carbocycles. The number of ether oxygens (including phenoxy) is 1. The van der Waals surface area contributed by atoms with Gasteiger partial charge in [0, 0.05) is 11.8 Å². The third kappa shape index (κ3) is 3.54. The second kappa shape index (κ2) is 6.48. The zero-order valence-electron chi connectivity index (χ0n) is 11.1. The van der Waals surface area contributed by atoms with E-state index in [-0.39, 0.29) is 5.02 Å². The van der Waals surface area contributed by atoms with Crippen LogP contribution in [0.3, 0.4) is 0 Å². The highest BCUT2D eigenvalue weighted by Crippen LogP contribution is 2.29. The molecule has 0 atom stereocenters. The molecule has 0 aliphatic carbocycles. The summed E-state index contributed by atoms with van der Waals surface area (Å²) in [5.41, 5.74) is 7.44. The van der Waals surface area contributed by atoms with Crippen LogP contribution in [0.5, 0.6) is 5.75 Å². The van der Waals surface area contributed by atoms with Crippen LogP contribution < -0.4 is 15.8 Å². The Hall–Kier alpha value is -1.94. The molecule has 0 aliphatic heterocycles. The van der Waals surface area contributed by atoms with Crippen molar-refractivity contribution < 1.29 is 9.13 Å². The Kier molecular flexibility index (Phi) is 4.69. The molecule has 0 saturated carbocycles. The van der Waals surface area contributed by atoms with Crippen LogP contribution in [0.4, 0.5) is 21.5 Å². The molecular formula is C15H16ClFN2O. The van der Waals surface area contributed by atoms with Crippen molar-refractivity contribution in [3.63, 3.8) is 0 Å². The van der Waals surface area contributed by atoms with Crippen molar-refractivity contribution in [2.24, 2.45) is 0 Å². The summed E-state index contributed by atoms with van der Waals surface area (Å²) in [6.07, 6.45) is 0.963. The quantitative estimate of drug-likeness (QED) is 0.793. The Bertz CT molecular complexity index is 587. The fraction of sp³-hybridized carbons (Fsp3) is 0.200. The molecule has 20 heavy (non-hydrogen) atoms. The van der Waals surface area contributed by atoms with E-state index in [4.69, 9.17) is 22.1 Å². The van der Waals surface area contributed by atoms with Crippen LogP contribution in [-0.2, 0) is 0 Å². The molecular weight excluding hydrogens is 279 g/mol. The molecule has 0 radical (unpaired) electrons. The number of hydrogen-bond acceptors (Lipinski definition) is 3. The molecule has 0 bridgehead atoms. The summed E-state index contributed by atoms with van der Waals surface area (Å²) in [6.45, 7) is 2.74. The monoisotopic (exact) mass is 294 g/mol. The van der Waals surface area contributed by atoms with E-state index in [2.05, 4.69) is 12.2 Å². The fourth-order valence-electron chi connectivity index (χ4n) is 1.68. The van der Waals surface area contributed by atoms with Crippen LogP contribution in [0.15, 0.2) is 36.4 Å². The first-order valence-corrected chi connectivity index (χ1v) is 6.72. The number of nitrogens with one attached hydrogen (secondary N) is 1. The van der Waals surface area contributed by atoms with Gasteiger partial charge < -0.3 is 15.8 Å². The van der Waals surface area contributed by atoms with Crippen molar-refractivity contribution in [2.45, 2.75) is 13.3 Å². The number of benzene rings is 2. The van der Waals surface area contributed by atoms with Crippen LogP contribution >= 0.6 is 11.6 Å². The van der Waals surface area contributed by atoms with Crippen LogP contribution in [0.1, 0.15) is 13.3 Å². The van der Waals surface area contributed by atoms with Gasteiger partial charge in [-0.05, 0) is 36.8 Å². The molecule has 0 saturated heterocycles. The lowest BCUT2D eigenvalue weighted by Gasteiger charge is -2.11. The van der Waals surface area contributed by atoms with Crippen molar-refractivity contribution in [1.82, 2.24) is 0 Å². The first-order valence-electron chi connectivity index (χ1n) is 6.34. The van der Waals surface area contributed by atoms with E-state index in [0.29, 0.717) is 18.0 Å². The lowest BCUT2D eigenvalue weighted by Crippen LogP contribution is -1.98. The molecule has 3 N–H and O–H groups in total. The number of rotatable bonds is 5. The molecule has 3 nitrogen and oxygen atoms in total. The van der Waals surface area contributed by atoms with E-state index < -0.39 is 5.82 Å². The Balaban J connectivity index is 2.12. The predicted octanol–water partition coefficient (Wildman–Crippen LogP) is 4.59. The summed E-state index contributed by atoms with van der Waals surface area (Å²) >= 11 is 5.74. The minimum absolute atomic E-state index is 0.0320. The summed E-state index contributed by atoms with van der Waals surface area (Å²) in [5.74, 6) is 0.278. The summed E-state index contributed by atoms with van der Waals surface area (Å²) in [6, 6.07) is 10.1. The molecule has 2 rings (SSSR count). The Morgan fingerprint density at radius 1 is 1.25 bits per heavy atom. The van der Waals surface area contributed by atoms with Gasteiger partial charge in [-0.3, -0.25) is 0 Å². The summed E-state index contributed by atoms with van der Waals surface area (Å²) in [4.78, 5) is 0. The van der Waals surface area contributed by atoms with Gasteiger partial charge in [-0.25, -0.2) is 4.39 Å². The van der Waals surface area contributed by atoms with E-state index >= 15 is 0 Å². The molecule has 2 aromatic rings. The van der Waals surface area contributed by atoms with Gasteiger partial charge in [-0.1, -0.05) is 18.5 Å². The summed E-state index contributed by atoms with van der Waals surface area (Å²) in [7, 11) is 0. The maximum Gasteiger partial charge on any atom is 0.143 e. The minimum Gasteiger partial charge on any atom is -0.494 e. The molecule has 0 aromatic heterocycles. The maximum absolute atomic E-state index is 13.2. The fourth-order valence-corrected chi connectivity index (χ4v) is 1.84. The maximum atomic E-state index is 13.2. The van der Waals surface area contributed by atoms with Gasteiger partial charge in [0.1, 0.15) is 11.6 Å². The van der Waals surface area contributed by atoms with Crippen molar-refractivity contribution in [1.29, 1.82) is 0 Å². The van der Waals surface area contributed by atoms with Gasteiger partial charge in [-0.15, -0.1) is 0 Å². The van der Waals surface area contributed by atoms with E-state index in [1.54, 1.807) is 0 Å². The summed E-state index contributed by atoms with van der Waals surface area (Å²) < 4.78 is 18.7. The van der Waals surface area contributed by atoms with Gasteiger partial charge in [-0.2, -0.15) is 0 Å². The molecule has 0 fully saturated rings. The van der Waals surface area contributed by atoms with Gasteiger partial charge in [0.25, 0.3) is 0 Å². The highest BCUT2D eigenvalue weighted by molar-refractivity contribution is 6.31. The summed E-state index contributed by atoms with van der Waals surface area (Å²) in [5, 5.41) is 3.12. The zero-order chi connectivity index (χ0) is 14.5. The van der Waals surface area contributed by atoms with Crippen molar-refractivity contribution in [3.05, 3.63) is 47.2 Å². The van der Waals surface area contributed by atoms with Gasteiger partial charge >= 0.3 is 0 Å². The minimum atomic E-state index is -0.530. The largest absolute Gasteiger partial charge is 0.494 e. The van der Waals surface area contributed by atoms with E-state index in [9.17, 15) is 4.39 Å². The Morgan fingerprint density at radius 3 is 2.60 bits per heavy atom. The Morgan fingerprint density at radius 2 is 1.95 bits per heavy atom. The second-order valence-corrected chi connectivity index (χ2v) is 4.76. The third-order valence-electron chi connectivity index (χ3n) is 2.70. The average Bonchev–Trinajstić information content (AvgIpc) is 2.44. The zero-order valence-corrected chi connectivity index (χ0v) is 11.9. The van der Waals surface area contributed by atoms with Crippen molar-refractivity contribution >= 4 is 28.7 Å². The molecule has 0 spiro atoms. The normalized spacial score (nSPS) is 10.3. The lowest BCUT2D eigenvalue weighted by molar-refractivity contribution is 0.317. The topological polar surface area (TPSA) is 47.3 Å². The molecule has 5 heteroatoms. The average molecular weight is 295 g/mol. The van der Waals surface area contributed by atoms with Gasteiger partial charge in [0.2, 0.25) is 0 Å². The second-order valence-electron chi connectivity index (χ2n) is 4.35. The van der Waals surface area contributed by atoms with Crippen LogP contribution in [-0.4, -0.2) is 6.61 Å². The molecule has 106 valence electrons. The lowest BCUT2D eigenvalue weighted by atomic mass is 10.2. The van der Waals surface area contributed by atoms with E-state index in [1.165, 1.54) is 12.1 Å². The van der Waals surface area contributed by atoms with Crippen LogP contribution in [0.2, 0.25) is 5.02 Å². The van der Waals surface area contributed by atoms with Crippen LogP contribution in [0, 0.1) is 5.82 Å². The number of halogens is 2. The molecule has 0 amide bonds. The number of anilines is 3. The SMILES string of the molecule is CCCOc1ccc(Nc2cc(Cl)c(F)cc2N)cc1. The molecule has 0 unspecified atom stereocenters. The van der Waals surface area contributed by atoms with Gasteiger partial charge in [0.15, 0.2) is 0 Å². The standard InChI is InChI=1S/C15H16ClFN2O/c1-2-7-20-11-5-3-10(4-6-11)19-15-8-12(16)13(17)9-14(15)18/h3-6,8-9,19H,2,7,18H2,1H3. The number of nitrogens with two attached hydrogens (primary N) is 1. The van der Waals surface area contributed by atoms with E-state index in [0.717, 1.165) is 17.9 Å². The molecule has 0 heterocycles. The highest BCUT2D eigenvalue weighted by atomic mass is 35.5. The van der Waals surface area contributed by atoms with Crippen molar-refractivity contribution in [3.8, 4) is 5.75 Å². The highest BCUT2D eigenvalue weighted by Gasteiger charge is 2.06. The third-order valence-corrected chi connectivity index (χ3v) is 2.99. The predicted molar refractivity (Wildman–Crippen MR) is 81.3 cm³/mol. The smallest absolute Gasteiger partial charge is 0.143 e. The van der Waals surface area contributed by atoms with Crippen LogP contribution in [0.25, 0.3) is 0 Å². The first-order chi connectivity index (χ1) is 9.60. The van der Waals surface area contributed by atoms with Crippen molar-refractivity contribution in [2.75, 3.05) is 17.7 Å². The van der Waals surface area contributed by atoms with E-state index in [1.807, 2.05) is 24.3 Å². The Labute approximate surface area is 122 Å². The van der Waals surface area contributed by atoms with Gasteiger partial charge in [0.05, 0.1) is 23.0 Å². The molecule has 0 aliphatic rings. The first kappa shape index (κ1) is 14.5.